The van der Waals surface area contributed by atoms with Gasteiger partial charge in [-0.1, -0.05) is 41.4 Å². The van der Waals surface area contributed by atoms with E-state index in [4.69, 9.17) is 34.7 Å². The standard InChI is InChI=1S/C12H10Cl2N2/c13-11-9(5-6-10(16)12(11)14)7-1-3-8(15)4-2-7/h1-6H,15-16H2. The summed E-state index contributed by atoms with van der Waals surface area (Å²) in [6, 6.07) is 11.0. The van der Waals surface area contributed by atoms with Crippen LogP contribution in [0.2, 0.25) is 10.0 Å². The van der Waals surface area contributed by atoms with Crippen LogP contribution in [0, 0.1) is 0 Å². The highest BCUT2D eigenvalue weighted by molar-refractivity contribution is 6.45. The molecule has 4 N–H and O–H groups in total. The zero-order valence-electron chi connectivity index (χ0n) is 8.37. The molecule has 82 valence electrons. The van der Waals surface area contributed by atoms with Crippen LogP contribution in [-0.4, -0.2) is 0 Å². The van der Waals surface area contributed by atoms with E-state index >= 15 is 0 Å². The summed E-state index contributed by atoms with van der Waals surface area (Å²) in [5, 5.41) is 0.849. The molecule has 0 atom stereocenters. The van der Waals surface area contributed by atoms with Crippen molar-refractivity contribution in [1.82, 2.24) is 0 Å². The van der Waals surface area contributed by atoms with Gasteiger partial charge in [-0.2, -0.15) is 0 Å². The van der Waals surface area contributed by atoms with Gasteiger partial charge in [-0.3, -0.25) is 0 Å². The topological polar surface area (TPSA) is 52.0 Å². The molecule has 2 nitrogen and oxygen atoms in total. The van der Waals surface area contributed by atoms with E-state index in [0.717, 1.165) is 11.1 Å². The molecule has 0 unspecified atom stereocenters. The van der Waals surface area contributed by atoms with Gasteiger partial charge in [0.05, 0.1) is 15.7 Å². The fourth-order valence-electron chi connectivity index (χ4n) is 1.45. The summed E-state index contributed by atoms with van der Waals surface area (Å²) in [4.78, 5) is 0. The summed E-state index contributed by atoms with van der Waals surface area (Å²) in [5.74, 6) is 0. The minimum absolute atomic E-state index is 0.385. The fourth-order valence-corrected chi connectivity index (χ4v) is 1.90. The maximum absolute atomic E-state index is 6.13. The highest BCUT2D eigenvalue weighted by Crippen LogP contribution is 2.37. The number of halogens is 2. The average Bonchev–Trinajstić information content (AvgIpc) is 2.28. The van der Waals surface area contributed by atoms with Gasteiger partial charge >= 0.3 is 0 Å². The van der Waals surface area contributed by atoms with E-state index in [-0.39, 0.29) is 0 Å². The molecule has 0 bridgehead atoms. The predicted molar refractivity (Wildman–Crippen MR) is 70.7 cm³/mol. The second-order valence-corrected chi connectivity index (χ2v) is 4.21. The molecule has 0 heterocycles. The SMILES string of the molecule is Nc1ccc(-c2ccc(N)c(Cl)c2Cl)cc1. The number of nitrogens with two attached hydrogens (primary N) is 2. The predicted octanol–water partition coefficient (Wildman–Crippen LogP) is 3.82. The van der Waals surface area contributed by atoms with Gasteiger partial charge in [-0.25, -0.2) is 0 Å². The largest absolute Gasteiger partial charge is 0.399 e. The number of benzene rings is 2. The Labute approximate surface area is 104 Å². The van der Waals surface area contributed by atoms with Crippen LogP contribution in [0.3, 0.4) is 0 Å². The highest BCUT2D eigenvalue weighted by atomic mass is 35.5. The second-order valence-electron chi connectivity index (χ2n) is 3.45. The third-order valence-electron chi connectivity index (χ3n) is 2.33. The number of rotatable bonds is 1. The molecule has 2 rings (SSSR count). The summed E-state index contributed by atoms with van der Waals surface area (Å²) in [5.41, 5.74) is 14.3. The van der Waals surface area contributed by atoms with E-state index in [1.54, 1.807) is 6.07 Å². The Balaban J connectivity index is 2.57. The smallest absolute Gasteiger partial charge is 0.0827 e. The van der Waals surface area contributed by atoms with Crippen molar-refractivity contribution in [3.05, 3.63) is 46.4 Å². The molecule has 0 fully saturated rings. The molecule has 4 heteroatoms. The first kappa shape index (κ1) is 11.1. The molecule has 16 heavy (non-hydrogen) atoms. The Bertz CT molecular complexity index is 521. The quantitative estimate of drug-likeness (QED) is 0.759. The van der Waals surface area contributed by atoms with Crippen LogP contribution < -0.4 is 11.5 Å². The van der Waals surface area contributed by atoms with Gasteiger partial charge < -0.3 is 11.5 Å². The van der Waals surface area contributed by atoms with Crippen LogP contribution in [0.4, 0.5) is 11.4 Å². The van der Waals surface area contributed by atoms with Gasteiger partial charge in [0.15, 0.2) is 0 Å². The summed E-state index contributed by atoms with van der Waals surface area (Å²) in [6.45, 7) is 0. The van der Waals surface area contributed by atoms with Crippen molar-refractivity contribution in [3.63, 3.8) is 0 Å². The van der Waals surface area contributed by atoms with Crippen molar-refractivity contribution in [3.8, 4) is 11.1 Å². The van der Waals surface area contributed by atoms with Gasteiger partial charge in [-0.15, -0.1) is 0 Å². The van der Waals surface area contributed by atoms with E-state index in [2.05, 4.69) is 0 Å². The van der Waals surface area contributed by atoms with E-state index < -0.39 is 0 Å². The first-order valence-corrected chi connectivity index (χ1v) is 5.44. The summed E-state index contributed by atoms with van der Waals surface area (Å²) in [7, 11) is 0. The van der Waals surface area contributed by atoms with E-state index in [0.29, 0.717) is 21.4 Å². The van der Waals surface area contributed by atoms with Crippen LogP contribution in [0.1, 0.15) is 0 Å². The normalized spacial score (nSPS) is 10.4. The molecular formula is C12H10Cl2N2. The lowest BCUT2D eigenvalue weighted by Crippen LogP contribution is -1.89. The Kier molecular flexibility index (Phi) is 2.95. The molecule has 0 radical (unpaired) electrons. The zero-order chi connectivity index (χ0) is 11.7. The molecule has 0 aromatic heterocycles. The first-order chi connectivity index (χ1) is 7.59. The number of hydrogen-bond acceptors (Lipinski definition) is 2. The van der Waals surface area contributed by atoms with Crippen molar-refractivity contribution < 1.29 is 0 Å². The fraction of sp³-hybridized carbons (Fsp3) is 0. The maximum atomic E-state index is 6.13. The Morgan fingerprint density at radius 2 is 1.38 bits per heavy atom. The Morgan fingerprint density at radius 3 is 2.00 bits per heavy atom. The van der Waals surface area contributed by atoms with E-state index in [9.17, 15) is 0 Å². The monoisotopic (exact) mass is 252 g/mol. The van der Waals surface area contributed by atoms with Crippen LogP contribution >= 0.6 is 23.2 Å². The van der Waals surface area contributed by atoms with Gasteiger partial charge in [0.1, 0.15) is 0 Å². The van der Waals surface area contributed by atoms with Gasteiger partial charge in [0, 0.05) is 11.3 Å². The lowest BCUT2D eigenvalue weighted by atomic mass is 10.0. The third-order valence-corrected chi connectivity index (χ3v) is 3.23. The molecule has 0 saturated carbocycles. The summed E-state index contributed by atoms with van der Waals surface area (Å²) in [6.07, 6.45) is 0. The van der Waals surface area contributed by atoms with Crippen LogP contribution in [0.25, 0.3) is 11.1 Å². The van der Waals surface area contributed by atoms with Crippen molar-refractivity contribution in [2.75, 3.05) is 11.5 Å². The lowest BCUT2D eigenvalue weighted by molar-refractivity contribution is 1.60. The molecule has 0 aliphatic rings. The first-order valence-electron chi connectivity index (χ1n) is 4.69. The number of nitrogen functional groups attached to an aromatic ring is 2. The molecule has 0 aliphatic carbocycles. The molecular weight excluding hydrogens is 243 g/mol. The van der Waals surface area contributed by atoms with Gasteiger partial charge in [-0.05, 0) is 23.8 Å². The van der Waals surface area contributed by atoms with Crippen molar-refractivity contribution in [2.24, 2.45) is 0 Å². The summed E-state index contributed by atoms with van der Waals surface area (Å²) < 4.78 is 0. The van der Waals surface area contributed by atoms with Crippen LogP contribution in [0.5, 0.6) is 0 Å². The van der Waals surface area contributed by atoms with Gasteiger partial charge in [0.25, 0.3) is 0 Å². The molecule has 2 aromatic rings. The Hall–Kier alpha value is -1.38. The lowest BCUT2D eigenvalue weighted by Gasteiger charge is -2.08. The Morgan fingerprint density at radius 1 is 0.750 bits per heavy atom. The number of hydrogen-bond donors (Lipinski definition) is 2. The summed E-state index contributed by atoms with van der Waals surface area (Å²) >= 11 is 12.1. The third kappa shape index (κ3) is 1.94. The van der Waals surface area contributed by atoms with Crippen molar-refractivity contribution >= 4 is 34.6 Å². The number of anilines is 2. The van der Waals surface area contributed by atoms with Gasteiger partial charge in [0.2, 0.25) is 0 Å². The van der Waals surface area contributed by atoms with E-state index in [1.807, 2.05) is 30.3 Å². The minimum Gasteiger partial charge on any atom is -0.399 e. The second kappa shape index (κ2) is 4.24. The minimum atomic E-state index is 0.385. The molecule has 0 amide bonds. The van der Waals surface area contributed by atoms with E-state index in [1.165, 1.54) is 0 Å². The average molecular weight is 253 g/mol. The molecule has 0 aliphatic heterocycles. The van der Waals surface area contributed by atoms with Crippen molar-refractivity contribution in [2.45, 2.75) is 0 Å². The zero-order valence-corrected chi connectivity index (χ0v) is 9.89. The highest BCUT2D eigenvalue weighted by Gasteiger charge is 2.09. The van der Waals surface area contributed by atoms with Crippen molar-refractivity contribution in [1.29, 1.82) is 0 Å². The maximum Gasteiger partial charge on any atom is 0.0827 e. The van der Waals surface area contributed by atoms with Crippen LogP contribution in [-0.2, 0) is 0 Å². The molecule has 0 spiro atoms. The van der Waals surface area contributed by atoms with Crippen LogP contribution in [0.15, 0.2) is 36.4 Å². The molecule has 2 aromatic carbocycles. The molecule has 0 saturated heterocycles.